The molecule has 3 nitrogen and oxygen atoms in total. The van der Waals surface area contributed by atoms with Crippen LogP contribution in [0.2, 0.25) is 0 Å². The van der Waals surface area contributed by atoms with Crippen LogP contribution in [0.5, 0.6) is 5.75 Å². The molecule has 20 heavy (non-hydrogen) atoms. The maximum Gasteiger partial charge on any atom is 0.176 e. The van der Waals surface area contributed by atoms with Gasteiger partial charge in [-0.1, -0.05) is 6.42 Å². The van der Waals surface area contributed by atoms with Crippen molar-refractivity contribution in [2.24, 2.45) is 11.8 Å². The smallest absolute Gasteiger partial charge is 0.176 e. The number of rotatable bonds is 5. The van der Waals surface area contributed by atoms with Gasteiger partial charge in [-0.15, -0.1) is 0 Å². The second-order valence-corrected chi connectivity index (χ2v) is 6.03. The molecule has 1 heterocycles. The summed E-state index contributed by atoms with van der Waals surface area (Å²) in [6.07, 6.45) is 4.10. The van der Waals surface area contributed by atoms with Crippen LogP contribution in [-0.2, 0) is 0 Å². The number of hydrogen-bond acceptors (Lipinski definition) is 3. The molecule has 0 N–H and O–H groups in total. The molecule has 0 spiro atoms. The number of fused-ring (bicyclic) bond motifs is 1. The summed E-state index contributed by atoms with van der Waals surface area (Å²) in [5.74, 6) is 2.76. The molecule has 1 aliphatic heterocycles. The summed E-state index contributed by atoms with van der Waals surface area (Å²) in [5.41, 5.74) is 0.797. The average Bonchev–Trinajstić information content (AvgIpc) is 3.01. The molecule has 2 atom stereocenters. The van der Waals surface area contributed by atoms with Crippen molar-refractivity contribution >= 4 is 5.78 Å². The Kier molecular flexibility index (Phi) is 4.06. The minimum Gasteiger partial charge on any atom is -0.494 e. The Morgan fingerprint density at radius 1 is 1.20 bits per heavy atom. The highest BCUT2D eigenvalue weighted by atomic mass is 16.5. The van der Waals surface area contributed by atoms with Gasteiger partial charge in [0.15, 0.2) is 5.78 Å². The third-order valence-corrected chi connectivity index (χ3v) is 4.66. The molecule has 3 rings (SSSR count). The molecule has 1 saturated carbocycles. The predicted octanol–water partition coefficient (Wildman–Crippen LogP) is 3.00. The van der Waals surface area contributed by atoms with Gasteiger partial charge in [0.25, 0.3) is 0 Å². The molecule has 0 radical (unpaired) electrons. The highest BCUT2D eigenvalue weighted by molar-refractivity contribution is 5.97. The van der Waals surface area contributed by atoms with E-state index in [1.807, 2.05) is 31.2 Å². The fourth-order valence-electron chi connectivity index (χ4n) is 3.66. The predicted molar refractivity (Wildman–Crippen MR) is 79.2 cm³/mol. The van der Waals surface area contributed by atoms with Crippen molar-refractivity contribution in [1.29, 1.82) is 0 Å². The van der Waals surface area contributed by atoms with Crippen LogP contribution in [0.1, 0.15) is 36.5 Å². The van der Waals surface area contributed by atoms with Gasteiger partial charge in [-0.2, -0.15) is 0 Å². The quantitative estimate of drug-likeness (QED) is 0.772. The molecule has 2 unspecified atom stereocenters. The highest BCUT2D eigenvalue weighted by Gasteiger charge is 2.36. The molecule has 1 aromatic rings. The van der Waals surface area contributed by atoms with Gasteiger partial charge in [0, 0.05) is 18.7 Å². The van der Waals surface area contributed by atoms with E-state index in [2.05, 4.69) is 4.90 Å². The monoisotopic (exact) mass is 273 g/mol. The summed E-state index contributed by atoms with van der Waals surface area (Å²) in [6.45, 7) is 5.43. The first-order valence-electron chi connectivity index (χ1n) is 7.74. The number of Topliss-reactive ketones (excluding diaryl/α,β-unsaturated/α-hetero) is 1. The SMILES string of the molecule is CCOc1ccc(C(=O)CN2CC3CCCC3C2)cc1. The molecule has 3 heteroatoms. The van der Waals surface area contributed by atoms with E-state index in [0.29, 0.717) is 13.2 Å². The van der Waals surface area contributed by atoms with E-state index in [1.54, 1.807) is 0 Å². The van der Waals surface area contributed by atoms with Crippen LogP contribution in [0, 0.1) is 11.8 Å². The maximum absolute atomic E-state index is 12.3. The standard InChI is InChI=1S/C17H23NO2/c1-2-20-16-8-6-13(7-9-16)17(19)12-18-10-14-4-3-5-15(14)11-18/h6-9,14-15H,2-5,10-12H2,1H3. The number of nitrogens with zero attached hydrogens (tertiary/aromatic N) is 1. The number of hydrogen-bond donors (Lipinski definition) is 0. The number of ether oxygens (including phenoxy) is 1. The molecule has 2 aliphatic rings. The van der Waals surface area contributed by atoms with E-state index in [9.17, 15) is 4.79 Å². The fraction of sp³-hybridized carbons (Fsp3) is 0.588. The summed E-state index contributed by atoms with van der Waals surface area (Å²) in [7, 11) is 0. The summed E-state index contributed by atoms with van der Waals surface area (Å²) in [6, 6.07) is 7.53. The van der Waals surface area contributed by atoms with Gasteiger partial charge in [-0.05, 0) is 55.9 Å². The molecule has 0 aromatic heterocycles. The van der Waals surface area contributed by atoms with Crippen molar-refractivity contribution < 1.29 is 9.53 Å². The summed E-state index contributed by atoms with van der Waals surface area (Å²) in [5, 5.41) is 0. The molecule has 1 aromatic carbocycles. The van der Waals surface area contributed by atoms with Crippen molar-refractivity contribution in [1.82, 2.24) is 4.90 Å². The number of carbonyl (C=O) groups is 1. The van der Waals surface area contributed by atoms with Crippen molar-refractivity contribution in [3.8, 4) is 5.75 Å². The Morgan fingerprint density at radius 2 is 1.85 bits per heavy atom. The van der Waals surface area contributed by atoms with Gasteiger partial charge < -0.3 is 4.74 Å². The van der Waals surface area contributed by atoms with Crippen LogP contribution in [0.15, 0.2) is 24.3 Å². The molecule has 0 bridgehead atoms. The van der Waals surface area contributed by atoms with E-state index in [-0.39, 0.29) is 5.78 Å². The molecule has 1 aliphatic carbocycles. The lowest BCUT2D eigenvalue weighted by Gasteiger charge is -2.15. The number of benzene rings is 1. The third-order valence-electron chi connectivity index (χ3n) is 4.66. The molecule has 108 valence electrons. The first kappa shape index (κ1) is 13.6. The Hall–Kier alpha value is -1.35. The van der Waals surface area contributed by atoms with E-state index >= 15 is 0 Å². The molecule has 0 amide bonds. The Labute approximate surface area is 120 Å². The van der Waals surface area contributed by atoms with Gasteiger partial charge in [0.1, 0.15) is 5.75 Å². The Balaban J connectivity index is 1.56. The van der Waals surface area contributed by atoms with Crippen molar-refractivity contribution in [2.75, 3.05) is 26.2 Å². The largest absolute Gasteiger partial charge is 0.494 e. The van der Waals surface area contributed by atoms with Crippen molar-refractivity contribution in [2.45, 2.75) is 26.2 Å². The molecular formula is C17H23NO2. The topological polar surface area (TPSA) is 29.5 Å². The van der Waals surface area contributed by atoms with Crippen molar-refractivity contribution in [3.63, 3.8) is 0 Å². The molecule has 2 fully saturated rings. The third kappa shape index (κ3) is 2.88. The Morgan fingerprint density at radius 3 is 2.45 bits per heavy atom. The van der Waals surface area contributed by atoms with Crippen LogP contribution in [0.25, 0.3) is 0 Å². The lowest BCUT2D eigenvalue weighted by atomic mass is 10.0. The van der Waals surface area contributed by atoms with Gasteiger partial charge in [-0.25, -0.2) is 0 Å². The molecular weight excluding hydrogens is 250 g/mol. The number of likely N-dealkylation sites (tertiary alicyclic amines) is 1. The summed E-state index contributed by atoms with van der Waals surface area (Å²) in [4.78, 5) is 14.6. The molecule has 1 saturated heterocycles. The highest BCUT2D eigenvalue weighted by Crippen LogP contribution is 2.37. The lowest BCUT2D eigenvalue weighted by molar-refractivity contribution is 0.0941. The van der Waals surface area contributed by atoms with E-state index < -0.39 is 0 Å². The van der Waals surface area contributed by atoms with Crippen molar-refractivity contribution in [3.05, 3.63) is 29.8 Å². The number of ketones is 1. The zero-order valence-electron chi connectivity index (χ0n) is 12.2. The zero-order chi connectivity index (χ0) is 13.9. The minimum absolute atomic E-state index is 0.230. The van der Waals surface area contributed by atoms with E-state index in [4.69, 9.17) is 4.74 Å². The Bertz CT molecular complexity index is 456. The first-order valence-corrected chi connectivity index (χ1v) is 7.74. The lowest BCUT2D eigenvalue weighted by Crippen LogP contribution is -2.28. The second-order valence-electron chi connectivity index (χ2n) is 6.03. The maximum atomic E-state index is 12.3. The average molecular weight is 273 g/mol. The van der Waals surface area contributed by atoms with Crippen LogP contribution in [-0.4, -0.2) is 36.9 Å². The fourth-order valence-corrected chi connectivity index (χ4v) is 3.66. The van der Waals surface area contributed by atoms with Gasteiger partial charge in [-0.3, -0.25) is 9.69 Å². The minimum atomic E-state index is 0.230. The van der Waals surface area contributed by atoms with Gasteiger partial charge in [0.05, 0.1) is 13.2 Å². The van der Waals surface area contributed by atoms with Gasteiger partial charge in [0.2, 0.25) is 0 Å². The first-order chi connectivity index (χ1) is 9.76. The van der Waals surface area contributed by atoms with Crippen LogP contribution in [0.4, 0.5) is 0 Å². The summed E-state index contributed by atoms with van der Waals surface area (Å²) < 4.78 is 5.40. The second kappa shape index (κ2) is 5.96. The van der Waals surface area contributed by atoms with Crippen LogP contribution >= 0.6 is 0 Å². The van der Waals surface area contributed by atoms with E-state index in [0.717, 1.165) is 36.2 Å². The normalized spacial score (nSPS) is 25.6. The van der Waals surface area contributed by atoms with Crippen LogP contribution in [0.3, 0.4) is 0 Å². The van der Waals surface area contributed by atoms with E-state index in [1.165, 1.54) is 19.3 Å². The zero-order valence-corrected chi connectivity index (χ0v) is 12.2. The number of carbonyl (C=O) groups excluding carboxylic acids is 1. The summed E-state index contributed by atoms with van der Waals surface area (Å²) >= 11 is 0. The van der Waals surface area contributed by atoms with Crippen LogP contribution < -0.4 is 4.74 Å². The van der Waals surface area contributed by atoms with Gasteiger partial charge >= 0.3 is 0 Å².